The number of phenolic OH excluding ortho intramolecular Hbond substituents is 1. The van der Waals surface area contributed by atoms with Crippen LogP contribution in [0.25, 0.3) is 11.3 Å². The lowest BCUT2D eigenvalue weighted by Crippen LogP contribution is -2.33. The molecule has 0 aliphatic carbocycles. The Morgan fingerprint density at radius 3 is 2.55 bits per heavy atom. The van der Waals surface area contributed by atoms with Gasteiger partial charge in [0, 0.05) is 17.5 Å². The molecule has 2 amide bonds. The average Bonchev–Trinajstić information content (AvgIpc) is 3.42. The van der Waals surface area contributed by atoms with Crippen molar-refractivity contribution >= 4 is 22.5 Å². The lowest BCUT2D eigenvalue weighted by molar-refractivity contribution is 0.201. The molecule has 0 radical (unpaired) electrons. The van der Waals surface area contributed by atoms with E-state index in [4.69, 9.17) is 4.42 Å². The van der Waals surface area contributed by atoms with Crippen molar-refractivity contribution < 1.29 is 14.3 Å². The summed E-state index contributed by atoms with van der Waals surface area (Å²) in [6.07, 6.45) is 1.58. The number of phenols is 1. The number of aromatic nitrogens is 1. The largest absolute Gasteiger partial charge is 0.508 e. The molecule has 2 aromatic carbocycles. The fraction of sp³-hybridized carbons (Fsp3) is 0.0909. The van der Waals surface area contributed by atoms with Crippen LogP contribution in [-0.4, -0.2) is 21.0 Å². The van der Waals surface area contributed by atoms with E-state index >= 15 is 0 Å². The highest BCUT2D eigenvalue weighted by Gasteiger charge is 2.18. The van der Waals surface area contributed by atoms with Gasteiger partial charge in [-0.25, -0.2) is 9.78 Å². The van der Waals surface area contributed by atoms with Gasteiger partial charge in [0.15, 0.2) is 5.13 Å². The van der Waals surface area contributed by atoms with Crippen LogP contribution < -0.4 is 5.32 Å². The number of anilines is 1. The SMILES string of the molecule is O=C(Nc1nc(-c2ccccc2)cs1)N(Cc1ccc(O)cc1)Cc1ccco1. The highest BCUT2D eigenvalue weighted by Crippen LogP contribution is 2.25. The van der Waals surface area contributed by atoms with Crippen molar-refractivity contribution in [1.29, 1.82) is 0 Å². The van der Waals surface area contributed by atoms with E-state index < -0.39 is 0 Å². The third-order valence-corrected chi connectivity index (χ3v) is 5.07. The Hall–Kier alpha value is -3.58. The van der Waals surface area contributed by atoms with Gasteiger partial charge >= 0.3 is 6.03 Å². The molecule has 0 unspecified atom stereocenters. The first-order valence-electron chi connectivity index (χ1n) is 9.04. The molecule has 4 aromatic rings. The standard InChI is InChI=1S/C22H19N3O3S/c26-18-10-8-16(9-11-18)13-25(14-19-7-4-12-28-19)22(27)24-21-23-20(15-29-21)17-5-2-1-3-6-17/h1-12,15,26H,13-14H2,(H,23,24,27). The third-order valence-electron chi connectivity index (χ3n) is 4.31. The van der Waals surface area contributed by atoms with Crippen molar-refractivity contribution in [2.75, 3.05) is 5.32 Å². The van der Waals surface area contributed by atoms with E-state index in [1.54, 1.807) is 41.5 Å². The number of thiazole rings is 1. The van der Waals surface area contributed by atoms with Crippen LogP contribution in [0.15, 0.2) is 82.8 Å². The molecule has 2 aromatic heterocycles. The predicted octanol–water partition coefficient (Wildman–Crippen LogP) is 5.34. The van der Waals surface area contributed by atoms with Gasteiger partial charge in [-0.2, -0.15) is 0 Å². The molecule has 2 N–H and O–H groups in total. The average molecular weight is 405 g/mol. The van der Waals surface area contributed by atoms with Gasteiger partial charge in [0.05, 0.1) is 18.5 Å². The molecule has 0 aliphatic heterocycles. The fourth-order valence-corrected chi connectivity index (χ4v) is 3.56. The van der Waals surface area contributed by atoms with Gasteiger partial charge in [0.2, 0.25) is 0 Å². The number of hydrogen-bond acceptors (Lipinski definition) is 5. The third kappa shape index (κ3) is 4.83. The van der Waals surface area contributed by atoms with Crippen LogP contribution in [-0.2, 0) is 13.1 Å². The summed E-state index contributed by atoms with van der Waals surface area (Å²) in [6, 6.07) is 19.9. The number of furan rings is 1. The molecule has 0 spiro atoms. The van der Waals surface area contributed by atoms with Crippen molar-refractivity contribution in [2.45, 2.75) is 13.1 Å². The summed E-state index contributed by atoms with van der Waals surface area (Å²) in [4.78, 5) is 19.1. The molecule has 0 atom stereocenters. The number of nitrogens with one attached hydrogen (secondary N) is 1. The number of hydrogen-bond donors (Lipinski definition) is 2. The molecule has 2 heterocycles. The quantitative estimate of drug-likeness (QED) is 0.454. The van der Waals surface area contributed by atoms with E-state index in [1.165, 1.54) is 11.3 Å². The highest BCUT2D eigenvalue weighted by atomic mass is 32.1. The van der Waals surface area contributed by atoms with Gasteiger partial charge in [0.1, 0.15) is 11.5 Å². The molecular formula is C22H19N3O3S. The molecule has 0 saturated carbocycles. The van der Waals surface area contributed by atoms with Gasteiger partial charge in [-0.3, -0.25) is 5.32 Å². The molecule has 0 bridgehead atoms. The van der Waals surface area contributed by atoms with Crippen LogP contribution in [0.2, 0.25) is 0 Å². The Balaban J connectivity index is 1.50. The van der Waals surface area contributed by atoms with Crippen molar-refractivity contribution in [1.82, 2.24) is 9.88 Å². The van der Waals surface area contributed by atoms with E-state index in [1.807, 2.05) is 41.8 Å². The number of amides is 2. The molecule has 0 aliphatic rings. The minimum atomic E-state index is -0.275. The molecule has 146 valence electrons. The van der Waals surface area contributed by atoms with Gasteiger partial charge in [-0.05, 0) is 29.8 Å². The Labute approximate surface area is 172 Å². The maximum absolute atomic E-state index is 12.9. The minimum absolute atomic E-state index is 0.187. The zero-order valence-electron chi connectivity index (χ0n) is 15.5. The summed E-state index contributed by atoms with van der Waals surface area (Å²) in [5, 5.41) is 14.8. The van der Waals surface area contributed by atoms with Gasteiger partial charge in [0.25, 0.3) is 0 Å². The minimum Gasteiger partial charge on any atom is -0.508 e. The summed E-state index contributed by atoms with van der Waals surface area (Å²) in [6.45, 7) is 0.681. The molecule has 0 fully saturated rings. The smallest absolute Gasteiger partial charge is 0.324 e. The number of benzene rings is 2. The molecule has 29 heavy (non-hydrogen) atoms. The first-order chi connectivity index (χ1) is 14.2. The second-order valence-corrected chi connectivity index (χ2v) is 7.29. The monoisotopic (exact) mass is 405 g/mol. The first kappa shape index (κ1) is 18.8. The Morgan fingerprint density at radius 1 is 1.03 bits per heavy atom. The van der Waals surface area contributed by atoms with E-state index in [0.29, 0.717) is 24.0 Å². The number of rotatable bonds is 6. The zero-order chi connectivity index (χ0) is 20.1. The fourth-order valence-electron chi connectivity index (χ4n) is 2.86. The summed E-state index contributed by atoms with van der Waals surface area (Å²) in [5.74, 6) is 0.870. The number of carbonyl (C=O) groups excluding carboxylic acids is 1. The van der Waals surface area contributed by atoms with Crippen LogP contribution in [0, 0.1) is 0 Å². The second kappa shape index (κ2) is 8.62. The number of nitrogens with zero attached hydrogens (tertiary/aromatic N) is 2. The van der Waals surface area contributed by atoms with Crippen LogP contribution in [0.4, 0.5) is 9.93 Å². The van der Waals surface area contributed by atoms with Crippen LogP contribution in [0.1, 0.15) is 11.3 Å². The molecule has 7 heteroatoms. The van der Waals surface area contributed by atoms with Crippen LogP contribution in [0.5, 0.6) is 5.75 Å². The normalized spacial score (nSPS) is 10.6. The van der Waals surface area contributed by atoms with Crippen molar-refractivity contribution in [3.8, 4) is 17.0 Å². The Morgan fingerprint density at radius 2 is 1.83 bits per heavy atom. The molecule has 6 nitrogen and oxygen atoms in total. The van der Waals surface area contributed by atoms with E-state index in [0.717, 1.165) is 16.8 Å². The van der Waals surface area contributed by atoms with E-state index in [2.05, 4.69) is 10.3 Å². The van der Waals surface area contributed by atoms with Crippen molar-refractivity contribution in [2.24, 2.45) is 0 Å². The van der Waals surface area contributed by atoms with Crippen molar-refractivity contribution in [3.63, 3.8) is 0 Å². The molecule has 0 saturated heterocycles. The summed E-state index contributed by atoms with van der Waals surface area (Å²) in [7, 11) is 0. The van der Waals surface area contributed by atoms with Gasteiger partial charge < -0.3 is 14.4 Å². The predicted molar refractivity (Wildman–Crippen MR) is 113 cm³/mol. The van der Waals surface area contributed by atoms with E-state index in [-0.39, 0.29) is 11.8 Å². The summed E-state index contributed by atoms with van der Waals surface area (Å²) >= 11 is 1.38. The van der Waals surface area contributed by atoms with Gasteiger partial charge in [-0.1, -0.05) is 42.5 Å². The second-order valence-electron chi connectivity index (χ2n) is 6.44. The highest BCUT2D eigenvalue weighted by molar-refractivity contribution is 7.14. The number of aromatic hydroxyl groups is 1. The number of urea groups is 1. The Kier molecular flexibility index (Phi) is 5.58. The maximum Gasteiger partial charge on any atom is 0.324 e. The van der Waals surface area contributed by atoms with E-state index in [9.17, 15) is 9.90 Å². The first-order valence-corrected chi connectivity index (χ1v) is 9.92. The number of carbonyl (C=O) groups is 1. The van der Waals surface area contributed by atoms with Crippen LogP contribution >= 0.6 is 11.3 Å². The van der Waals surface area contributed by atoms with Crippen LogP contribution in [0.3, 0.4) is 0 Å². The lowest BCUT2D eigenvalue weighted by atomic mass is 10.2. The van der Waals surface area contributed by atoms with Gasteiger partial charge in [-0.15, -0.1) is 11.3 Å². The van der Waals surface area contributed by atoms with Crippen molar-refractivity contribution in [3.05, 3.63) is 89.7 Å². The summed E-state index contributed by atoms with van der Waals surface area (Å²) < 4.78 is 5.41. The molecular weight excluding hydrogens is 386 g/mol. The molecule has 4 rings (SSSR count). The maximum atomic E-state index is 12.9. The Bertz CT molecular complexity index is 1060. The lowest BCUT2D eigenvalue weighted by Gasteiger charge is -2.21. The zero-order valence-corrected chi connectivity index (χ0v) is 16.3. The topological polar surface area (TPSA) is 78.6 Å². The summed E-state index contributed by atoms with van der Waals surface area (Å²) in [5.41, 5.74) is 2.72.